The Morgan fingerprint density at radius 3 is 2.48 bits per heavy atom. The first-order valence-electron chi connectivity index (χ1n) is 8.19. The van der Waals surface area contributed by atoms with Crippen molar-refractivity contribution in [2.24, 2.45) is 0 Å². The molecule has 7 heteroatoms. The van der Waals surface area contributed by atoms with Gasteiger partial charge in [0.2, 0.25) is 5.78 Å². The van der Waals surface area contributed by atoms with Gasteiger partial charge in [0.1, 0.15) is 22.8 Å². The monoisotopic (exact) mass is 361 g/mol. The Kier molecular flexibility index (Phi) is 3.66. The van der Waals surface area contributed by atoms with E-state index in [1.807, 2.05) is 19.1 Å². The summed E-state index contributed by atoms with van der Waals surface area (Å²) in [5.41, 5.74) is 7.84. The Morgan fingerprint density at radius 2 is 1.81 bits per heavy atom. The molecule has 0 spiro atoms. The van der Waals surface area contributed by atoms with Gasteiger partial charge in [0.25, 0.3) is 0 Å². The number of aryl methyl sites for hydroxylation is 1. The van der Waals surface area contributed by atoms with Gasteiger partial charge in [0, 0.05) is 11.9 Å². The van der Waals surface area contributed by atoms with E-state index in [9.17, 15) is 14.4 Å². The average molecular weight is 361 g/mol. The van der Waals surface area contributed by atoms with Crippen molar-refractivity contribution in [1.29, 1.82) is 0 Å². The number of pyridine rings is 1. The van der Waals surface area contributed by atoms with Gasteiger partial charge in [-0.05, 0) is 31.2 Å². The third-order valence-corrected chi connectivity index (χ3v) is 4.60. The van der Waals surface area contributed by atoms with Gasteiger partial charge in [-0.1, -0.05) is 17.7 Å². The number of hydrogen-bond donors (Lipinski definition) is 1. The van der Waals surface area contributed by atoms with E-state index >= 15 is 0 Å². The maximum atomic E-state index is 13.1. The molecule has 134 valence electrons. The van der Waals surface area contributed by atoms with E-state index in [0.29, 0.717) is 5.69 Å². The van der Waals surface area contributed by atoms with E-state index in [1.54, 1.807) is 18.2 Å². The lowest BCUT2D eigenvalue weighted by Gasteiger charge is -2.16. The summed E-state index contributed by atoms with van der Waals surface area (Å²) in [7, 11) is 1.20. The second kappa shape index (κ2) is 5.91. The first kappa shape index (κ1) is 16.7. The fraction of sp³-hybridized carbons (Fsp3) is 0.100. The third-order valence-electron chi connectivity index (χ3n) is 4.60. The first-order valence-corrected chi connectivity index (χ1v) is 8.19. The Labute approximate surface area is 154 Å². The van der Waals surface area contributed by atoms with Gasteiger partial charge in [-0.2, -0.15) is 0 Å². The largest absolute Gasteiger partial charge is 0.465 e. The van der Waals surface area contributed by atoms with Gasteiger partial charge >= 0.3 is 5.97 Å². The number of esters is 1. The molecule has 0 radical (unpaired) electrons. The van der Waals surface area contributed by atoms with Crippen LogP contribution in [0.3, 0.4) is 0 Å². The highest BCUT2D eigenvalue weighted by molar-refractivity contribution is 6.30. The van der Waals surface area contributed by atoms with E-state index in [-0.39, 0.29) is 33.9 Å². The van der Waals surface area contributed by atoms with Crippen molar-refractivity contribution in [3.05, 3.63) is 76.2 Å². The molecule has 7 nitrogen and oxygen atoms in total. The van der Waals surface area contributed by atoms with Crippen molar-refractivity contribution < 1.29 is 19.1 Å². The van der Waals surface area contributed by atoms with Gasteiger partial charge in [0.05, 0.1) is 18.2 Å². The Balaban J connectivity index is 2.10. The number of anilines is 1. The fourth-order valence-corrected chi connectivity index (χ4v) is 3.31. The van der Waals surface area contributed by atoms with E-state index in [0.717, 1.165) is 5.56 Å². The molecular formula is C20H15N3O4. The summed E-state index contributed by atoms with van der Waals surface area (Å²) in [6.45, 7) is 1.92. The molecule has 0 bridgehead atoms. The summed E-state index contributed by atoms with van der Waals surface area (Å²) in [6.07, 6.45) is 1.44. The van der Waals surface area contributed by atoms with Crippen LogP contribution in [0.25, 0.3) is 5.69 Å². The number of ketones is 2. The molecule has 2 heterocycles. The average Bonchev–Trinajstić information content (AvgIpc) is 2.99. The minimum atomic E-state index is -0.775. The van der Waals surface area contributed by atoms with Crippen molar-refractivity contribution in [2.45, 2.75) is 6.92 Å². The summed E-state index contributed by atoms with van der Waals surface area (Å²) >= 11 is 0. The number of benzene rings is 1. The fourth-order valence-electron chi connectivity index (χ4n) is 3.31. The van der Waals surface area contributed by atoms with Crippen LogP contribution in [0.5, 0.6) is 0 Å². The molecule has 1 aliphatic carbocycles. The van der Waals surface area contributed by atoms with Crippen LogP contribution in [0.4, 0.5) is 5.82 Å². The number of fused-ring (bicyclic) bond motifs is 2. The lowest BCUT2D eigenvalue weighted by Crippen LogP contribution is -2.25. The van der Waals surface area contributed by atoms with Crippen LogP contribution in [0.1, 0.15) is 48.0 Å². The molecule has 0 amide bonds. The van der Waals surface area contributed by atoms with E-state index < -0.39 is 17.5 Å². The maximum absolute atomic E-state index is 13.1. The van der Waals surface area contributed by atoms with Crippen molar-refractivity contribution in [3.63, 3.8) is 0 Å². The smallest absolute Gasteiger partial charge is 0.342 e. The molecule has 0 saturated carbocycles. The number of hydrogen-bond acceptors (Lipinski definition) is 6. The quantitative estimate of drug-likeness (QED) is 0.550. The molecule has 4 rings (SSSR count). The van der Waals surface area contributed by atoms with Gasteiger partial charge < -0.3 is 10.5 Å². The van der Waals surface area contributed by atoms with Crippen LogP contribution in [0, 0.1) is 6.92 Å². The van der Waals surface area contributed by atoms with Crippen molar-refractivity contribution in [2.75, 3.05) is 12.8 Å². The molecule has 27 heavy (non-hydrogen) atoms. The second-order valence-corrected chi connectivity index (χ2v) is 6.20. The molecule has 0 saturated heterocycles. The number of aromatic nitrogens is 2. The molecule has 0 unspecified atom stereocenters. The highest BCUT2D eigenvalue weighted by atomic mass is 16.5. The SMILES string of the molecule is COC(=O)c1c2c(n(-c3ccc(C)cc3)c1N)C(=O)c1ncccc1C2=O. The molecule has 0 fully saturated rings. The summed E-state index contributed by atoms with van der Waals surface area (Å²) in [5, 5.41) is 0. The molecular weight excluding hydrogens is 346 g/mol. The maximum Gasteiger partial charge on any atom is 0.342 e. The van der Waals surface area contributed by atoms with Crippen molar-refractivity contribution in [1.82, 2.24) is 9.55 Å². The molecule has 2 aromatic heterocycles. The zero-order valence-electron chi connectivity index (χ0n) is 14.6. The molecule has 3 aromatic rings. The van der Waals surface area contributed by atoms with Crippen LogP contribution in [0.15, 0.2) is 42.6 Å². The highest BCUT2D eigenvalue weighted by Crippen LogP contribution is 2.36. The molecule has 2 N–H and O–H groups in total. The Bertz CT molecular complexity index is 1130. The lowest BCUT2D eigenvalue weighted by atomic mass is 9.89. The number of nitrogen functional groups attached to an aromatic ring is 1. The normalized spacial score (nSPS) is 12.5. The van der Waals surface area contributed by atoms with Gasteiger partial charge in [-0.15, -0.1) is 0 Å². The van der Waals surface area contributed by atoms with Gasteiger partial charge in [-0.3, -0.25) is 19.1 Å². The van der Waals surface area contributed by atoms with E-state index in [4.69, 9.17) is 10.5 Å². The number of nitrogens with two attached hydrogens (primary N) is 1. The van der Waals surface area contributed by atoms with E-state index in [1.165, 1.54) is 23.9 Å². The molecule has 1 aliphatic rings. The van der Waals surface area contributed by atoms with Crippen LogP contribution in [0.2, 0.25) is 0 Å². The summed E-state index contributed by atoms with van der Waals surface area (Å²) < 4.78 is 6.23. The number of methoxy groups -OCH3 is 1. The zero-order chi connectivity index (χ0) is 19.3. The van der Waals surface area contributed by atoms with Crippen molar-refractivity contribution in [3.8, 4) is 5.69 Å². The van der Waals surface area contributed by atoms with Crippen LogP contribution in [-0.4, -0.2) is 34.2 Å². The number of ether oxygens (including phenoxy) is 1. The van der Waals surface area contributed by atoms with Gasteiger partial charge in [-0.25, -0.2) is 4.79 Å². The Hall–Kier alpha value is -3.74. The third kappa shape index (κ3) is 2.28. The topological polar surface area (TPSA) is 104 Å². The van der Waals surface area contributed by atoms with Crippen LogP contribution < -0.4 is 5.73 Å². The summed E-state index contributed by atoms with van der Waals surface area (Å²) in [5.74, 6) is -1.75. The summed E-state index contributed by atoms with van der Waals surface area (Å²) in [6, 6.07) is 10.3. The number of carbonyl (C=O) groups excluding carboxylic acids is 3. The molecule has 0 atom stereocenters. The van der Waals surface area contributed by atoms with Gasteiger partial charge in [0.15, 0.2) is 5.78 Å². The summed E-state index contributed by atoms with van der Waals surface area (Å²) in [4.78, 5) is 42.7. The number of rotatable bonds is 2. The Morgan fingerprint density at radius 1 is 1.11 bits per heavy atom. The number of carbonyl (C=O) groups is 3. The minimum Gasteiger partial charge on any atom is -0.465 e. The lowest BCUT2D eigenvalue weighted by molar-refractivity contribution is 0.0599. The number of nitrogens with zero attached hydrogens (tertiary/aromatic N) is 2. The minimum absolute atomic E-state index is 0.0213. The highest BCUT2D eigenvalue weighted by Gasteiger charge is 2.40. The standard InChI is InChI=1S/C20H15N3O4/c1-10-5-7-11(8-6-10)23-16-13(14(19(23)21)20(26)27-2)17(24)12-4-3-9-22-15(12)18(16)25/h3-9H,21H2,1-2H3. The predicted molar refractivity (Wildman–Crippen MR) is 97.4 cm³/mol. The first-order chi connectivity index (χ1) is 13.0. The van der Waals surface area contributed by atoms with E-state index in [2.05, 4.69) is 4.98 Å². The molecule has 1 aromatic carbocycles. The predicted octanol–water partition coefficient (Wildman–Crippen LogP) is 2.32. The van der Waals surface area contributed by atoms with Crippen LogP contribution >= 0.6 is 0 Å². The molecule has 0 aliphatic heterocycles. The second-order valence-electron chi connectivity index (χ2n) is 6.20. The van der Waals surface area contributed by atoms with Crippen LogP contribution in [-0.2, 0) is 4.74 Å². The van der Waals surface area contributed by atoms with Crippen molar-refractivity contribution >= 4 is 23.4 Å². The zero-order valence-corrected chi connectivity index (χ0v) is 14.6.